The average molecular weight is 354 g/mol. The highest BCUT2D eigenvalue weighted by Crippen LogP contribution is 2.21. The second-order valence-electron chi connectivity index (χ2n) is 4.73. The number of rotatable bonds is 4. The molecule has 2 aromatic rings. The maximum atomic E-state index is 11.6. The molecule has 0 saturated carbocycles. The van der Waals surface area contributed by atoms with Gasteiger partial charge in [0.05, 0.1) is 4.90 Å². The Balaban J connectivity index is 2.21. The molecule has 0 fully saturated rings. The van der Waals surface area contributed by atoms with Gasteiger partial charge in [-0.25, -0.2) is 8.42 Å². The Kier molecular flexibility index (Phi) is 4.50. The molecule has 2 aromatic carbocycles. The molecule has 0 atom stereocenters. The molecule has 106 valence electrons. The fraction of sp³-hybridized carbons (Fsp3) is 0.200. The zero-order valence-corrected chi connectivity index (χ0v) is 13.8. The summed E-state index contributed by atoms with van der Waals surface area (Å²) in [5.41, 5.74) is 2.99. The fourth-order valence-corrected chi connectivity index (χ4v) is 2.96. The Bertz CT molecular complexity index is 726. The van der Waals surface area contributed by atoms with Gasteiger partial charge in [0.1, 0.15) is 0 Å². The third-order valence-electron chi connectivity index (χ3n) is 3.01. The summed E-state index contributed by atoms with van der Waals surface area (Å²) in [4.78, 5) is 0.333. The van der Waals surface area contributed by atoms with Gasteiger partial charge in [-0.1, -0.05) is 34.1 Å². The molecule has 0 amide bonds. The largest absolute Gasteiger partial charge is 0.381 e. The molecule has 20 heavy (non-hydrogen) atoms. The molecule has 0 bridgehead atoms. The molecule has 0 aliphatic rings. The first-order chi connectivity index (χ1) is 9.36. The van der Waals surface area contributed by atoms with Crippen LogP contribution in [0.4, 0.5) is 5.69 Å². The van der Waals surface area contributed by atoms with Crippen molar-refractivity contribution >= 4 is 31.5 Å². The molecule has 5 heteroatoms. The van der Waals surface area contributed by atoms with Gasteiger partial charge in [0, 0.05) is 23.0 Å². The van der Waals surface area contributed by atoms with Crippen molar-refractivity contribution in [2.45, 2.75) is 18.4 Å². The van der Waals surface area contributed by atoms with Gasteiger partial charge in [-0.2, -0.15) is 0 Å². The second kappa shape index (κ2) is 5.97. The molecule has 3 nitrogen and oxygen atoms in total. The SMILES string of the molecule is Cc1ccc(S(C)(=O)=O)cc1NCc1cccc(Br)c1. The zero-order chi connectivity index (χ0) is 14.8. The number of benzene rings is 2. The number of sulfone groups is 1. The van der Waals surface area contributed by atoms with Crippen molar-refractivity contribution in [2.24, 2.45) is 0 Å². The van der Waals surface area contributed by atoms with E-state index >= 15 is 0 Å². The molecule has 0 heterocycles. The van der Waals surface area contributed by atoms with E-state index in [1.54, 1.807) is 12.1 Å². The number of halogens is 1. The lowest BCUT2D eigenvalue weighted by Crippen LogP contribution is -2.03. The van der Waals surface area contributed by atoms with E-state index in [4.69, 9.17) is 0 Å². The molecule has 0 saturated heterocycles. The number of nitrogens with one attached hydrogen (secondary N) is 1. The average Bonchev–Trinajstić information content (AvgIpc) is 2.36. The highest BCUT2D eigenvalue weighted by Gasteiger charge is 2.09. The van der Waals surface area contributed by atoms with Crippen molar-refractivity contribution in [3.63, 3.8) is 0 Å². The van der Waals surface area contributed by atoms with E-state index in [9.17, 15) is 8.42 Å². The molecule has 0 radical (unpaired) electrons. The monoisotopic (exact) mass is 353 g/mol. The number of hydrogen-bond acceptors (Lipinski definition) is 3. The van der Waals surface area contributed by atoms with Crippen LogP contribution in [0.2, 0.25) is 0 Å². The van der Waals surface area contributed by atoms with Crippen LogP contribution in [0.25, 0.3) is 0 Å². The smallest absolute Gasteiger partial charge is 0.175 e. The molecule has 0 aliphatic heterocycles. The van der Waals surface area contributed by atoms with E-state index in [1.807, 2.05) is 37.3 Å². The van der Waals surface area contributed by atoms with Crippen molar-refractivity contribution in [3.8, 4) is 0 Å². The van der Waals surface area contributed by atoms with Gasteiger partial charge < -0.3 is 5.32 Å². The van der Waals surface area contributed by atoms with Crippen LogP contribution < -0.4 is 5.32 Å². The van der Waals surface area contributed by atoms with E-state index in [1.165, 1.54) is 6.26 Å². The highest BCUT2D eigenvalue weighted by atomic mass is 79.9. The predicted molar refractivity (Wildman–Crippen MR) is 85.8 cm³/mol. The van der Waals surface area contributed by atoms with E-state index in [0.717, 1.165) is 21.3 Å². The van der Waals surface area contributed by atoms with Crippen molar-refractivity contribution in [2.75, 3.05) is 11.6 Å². The summed E-state index contributed by atoms with van der Waals surface area (Å²) in [7, 11) is -3.18. The Morgan fingerprint density at radius 1 is 1.15 bits per heavy atom. The molecule has 0 unspecified atom stereocenters. The van der Waals surface area contributed by atoms with E-state index < -0.39 is 9.84 Å². The van der Waals surface area contributed by atoms with E-state index in [2.05, 4.69) is 21.2 Å². The Morgan fingerprint density at radius 3 is 2.55 bits per heavy atom. The first-order valence-corrected chi connectivity index (χ1v) is 8.84. The third kappa shape index (κ3) is 3.84. The number of anilines is 1. The normalized spacial score (nSPS) is 11.3. The third-order valence-corrected chi connectivity index (χ3v) is 4.61. The zero-order valence-electron chi connectivity index (χ0n) is 11.4. The lowest BCUT2D eigenvalue weighted by atomic mass is 10.2. The van der Waals surface area contributed by atoms with Crippen molar-refractivity contribution < 1.29 is 8.42 Å². The molecular formula is C15H16BrNO2S. The van der Waals surface area contributed by atoms with Crippen molar-refractivity contribution in [1.82, 2.24) is 0 Å². The summed E-state index contributed by atoms with van der Waals surface area (Å²) in [6, 6.07) is 13.1. The molecule has 0 aromatic heterocycles. The molecule has 0 aliphatic carbocycles. The van der Waals surface area contributed by atoms with E-state index in [0.29, 0.717) is 11.4 Å². The molecule has 2 rings (SSSR count). The van der Waals surface area contributed by atoms with Crippen LogP contribution in [0.1, 0.15) is 11.1 Å². The molecule has 0 spiro atoms. The van der Waals surface area contributed by atoms with Gasteiger partial charge in [-0.15, -0.1) is 0 Å². The summed E-state index contributed by atoms with van der Waals surface area (Å²) in [5, 5.41) is 3.28. The Labute approximate surface area is 128 Å². The van der Waals surface area contributed by atoms with Crippen LogP contribution in [0.5, 0.6) is 0 Å². The lowest BCUT2D eigenvalue weighted by molar-refractivity contribution is 0.602. The first kappa shape index (κ1) is 15.1. The minimum atomic E-state index is -3.18. The summed E-state index contributed by atoms with van der Waals surface area (Å²) in [6.07, 6.45) is 1.22. The van der Waals surface area contributed by atoms with Gasteiger partial charge in [0.25, 0.3) is 0 Å². The minimum absolute atomic E-state index is 0.333. The van der Waals surface area contributed by atoms with Gasteiger partial charge in [0.2, 0.25) is 0 Å². The van der Waals surface area contributed by atoms with Crippen molar-refractivity contribution in [3.05, 3.63) is 58.1 Å². The van der Waals surface area contributed by atoms with Gasteiger partial charge in [-0.3, -0.25) is 0 Å². The molecular weight excluding hydrogens is 338 g/mol. The maximum absolute atomic E-state index is 11.6. The number of hydrogen-bond donors (Lipinski definition) is 1. The molecule has 1 N–H and O–H groups in total. The van der Waals surface area contributed by atoms with Crippen LogP contribution in [-0.4, -0.2) is 14.7 Å². The predicted octanol–water partition coefficient (Wildman–Crippen LogP) is 3.77. The van der Waals surface area contributed by atoms with Crippen LogP contribution in [0.15, 0.2) is 51.8 Å². The van der Waals surface area contributed by atoms with Gasteiger partial charge in [0.15, 0.2) is 9.84 Å². The minimum Gasteiger partial charge on any atom is -0.381 e. The Morgan fingerprint density at radius 2 is 1.90 bits per heavy atom. The van der Waals surface area contributed by atoms with Crippen LogP contribution in [-0.2, 0) is 16.4 Å². The van der Waals surface area contributed by atoms with Gasteiger partial charge in [-0.05, 0) is 42.3 Å². The summed E-state index contributed by atoms with van der Waals surface area (Å²) in [6.45, 7) is 2.60. The fourth-order valence-electron chi connectivity index (χ4n) is 1.87. The van der Waals surface area contributed by atoms with Crippen LogP contribution in [0.3, 0.4) is 0 Å². The van der Waals surface area contributed by atoms with Crippen LogP contribution >= 0.6 is 15.9 Å². The quantitative estimate of drug-likeness (QED) is 0.909. The summed E-state index contributed by atoms with van der Waals surface area (Å²) < 4.78 is 24.2. The summed E-state index contributed by atoms with van der Waals surface area (Å²) >= 11 is 3.43. The van der Waals surface area contributed by atoms with Crippen molar-refractivity contribution in [1.29, 1.82) is 0 Å². The number of aryl methyl sites for hydroxylation is 1. The Hall–Kier alpha value is -1.33. The van der Waals surface area contributed by atoms with E-state index in [-0.39, 0.29) is 0 Å². The standard InChI is InChI=1S/C15H16BrNO2S/c1-11-6-7-14(20(2,18)19)9-15(11)17-10-12-4-3-5-13(16)8-12/h3-9,17H,10H2,1-2H3. The topological polar surface area (TPSA) is 46.2 Å². The summed E-state index contributed by atoms with van der Waals surface area (Å²) in [5.74, 6) is 0. The maximum Gasteiger partial charge on any atom is 0.175 e. The highest BCUT2D eigenvalue weighted by molar-refractivity contribution is 9.10. The van der Waals surface area contributed by atoms with Crippen LogP contribution in [0, 0.1) is 6.92 Å². The second-order valence-corrected chi connectivity index (χ2v) is 7.66. The van der Waals surface area contributed by atoms with Gasteiger partial charge >= 0.3 is 0 Å². The lowest BCUT2D eigenvalue weighted by Gasteiger charge is -2.11. The first-order valence-electron chi connectivity index (χ1n) is 6.15.